The van der Waals surface area contributed by atoms with Crippen molar-refractivity contribution >= 4 is 40.4 Å². The summed E-state index contributed by atoms with van der Waals surface area (Å²) in [7, 11) is 2.04. The number of halogens is 1. The molecule has 1 fully saturated rings. The molecule has 2 aromatic rings. The molecule has 0 aromatic heterocycles. The van der Waals surface area contributed by atoms with Crippen LogP contribution >= 0.6 is 11.6 Å². The van der Waals surface area contributed by atoms with E-state index in [9.17, 15) is 14.9 Å². The number of fused-ring (bicyclic) bond motifs is 3. The normalized spacial score (nSPS) is 21.3. The van der Waals surface area contributed by atoms with Gasteiger partial charge in [0.05, 0.1) is 22.0 Å². The van der Waals surface area contributed by atoms with E-state index in [2.05, 4.69) is 16.5 Å². The number of nitro benzene ring substituents is 1. The van der Waals surface area contributed by atoms with E-state index in [0.717, 1.165) is 13.1 Å². The highest BCUT2D eigenvalue weighted by Crippen LogP contribution is 2.37. The quantitative estimate of drug-likeness (QED) is 0.514. The van der Waals surface area contributed by atoms with E-state index in [1.807, 2.05) is 18.0 Å². The molecule has 5 rings (SSSR count). The molecular formula is C23H21ClN6O3. The molecule has 3 aliphatic heterocycles. The molecule has 0 spiro atoms. The van der Waals surface area contributed by atoms with Gasteiger partial charge >= 0.3 is 0 Å². The Morgan fingerprint density at radius 1 is 1.12 bits per heavy atom. The van der Waals surface area contributed by atoms with Crippen molar-refractivity contribution < 1.29 is 9.72 Å². The molecule has 0 bridgehead atoms. The maximum atomic E-state index is 13.6. The monoisotopic (exact) mass is 464 g/mol. The first-order chi connectivity index (χ1) is 15.8. The lowest BCUT2D eigenvalue weighted by Crippen LogP contribution is -2.52. The molecule has 9 nitrogen and oxygen atoms in total. The Hall–Kier alpha value is -3.40. The van der Waals surface area contributed by atoms with Crippen molar-refractivity contribution in [3.63, 3.8) is 0 Å². The topological polar surface area (TPSA) is 94.6 Å². The summed E-state index contributed by atoms with van der Waals surface area (Å²) in [5.41, 5.74) is 2.09. The van der Waals surface area contributed by atoms with Gasteiger partial charge in [0.2, 0.25) is 0 Å². The van der Waals surface area contributed by atoms with Crippen LogP contribution in [0.5, 0.6) is 0 Å². The Kier molecular flexibility index (Phi) is 5.32. The molecule has 3 heterocycles. The van der Waals surface area contributed by atoms with Gasteiger partial charge in [-0.2, -0.15) is 0 Å². The van der Waals surface area contributed by atoms with Gasteiger partial charge in [0, 0.05) is 54.5 Å². The fraction of sp³-hybridized carbons (Fsp3) is 0.261. The number of aliphatic imine (C=N–C) groups is 2. The number of hydrogen-bond donors (Lipinski definition) is 0. The van der Waals surface area contributed by atoms with Crippen LogP contribution in [-0.4, -0.2) is 71.6 Å². The number of nitrogens with zero attached hydrogens (tertiary/aromatic N) is 6. The number of amidine groups is 1. The number of benzene rings is 2. The summed E-state index contributed by atoms with van der Waals surface area (Å²) in [4.78, 5) is 39.8. The first-order valence-electron chi connectivity index (χ1n) is 10.5. The summed E-state index contributed by atoms with van der Waals surface area (Å²) in [6, 6.07) is 11.5. The van der Waals surface area contributed by atoms with Crippen LogP contribution in [0.4, 0.5) is 11.4 Å². The van der Waals surface area contributed by atoms with Crippen LogP contribution in [-0.2, 0) is 4.79 Å². The summed E-state index contributed by atoms with van der Waals surface area (Å²) < 4.78 is 0. The highest BCUT2D eigenvalue weighted by molar-refractivity contribution is 6.38. The van der Waals surface area contributed by atoms with Gasteiger partial charge in [0.1, 0.15) is 0 Å². The highest BCUT2D eigenvalue weighted by atomic mass is 35.5. The maximum absolute atomic E-state index is 13.6. The molecule has 2 aromatic carbocycles. The number of carbonyl (C=O) groups is 1. The molecule has 33 heavy (non-hydrogen) atoms. The number of carbonyl (C=O) groups excluding carboxylic acids is 1. The first kappa shape index (κ1) is 21.4. The van der Waals surface area contributed by atoms with Crippen LogP contribution in [0.25, 0.3) is 0 Å². The number of rotatable bonds is 3. The standard InChI is InChI=1S/C23H21ClN6O3/c1-14-21-26-22(28-11-9-27(2)10-12-28)23(31)29(21)19-8-7-15(30(32)33)13-17(19)20(25-14)16-5-3-4-6-18(16)24/h3-8,13,22H,1,9-12H2,2H3. The minimum atomic E-state index is -0.675. The van der Waals surface area contributed by atoms with Gasteiger partial charge in [-0.15, -0.1) is 0 Å². The summed E-state index contributed by atoms with van der Waals surface area (Å²) in [5.74, 6) is 0.127. The van der Waals surface area contributed by atoms with Crippen LogP contribution in [0.1, 0.15) is 11.1 Å². The average molecular weight is 465 g/mol. The summed E-state index contributed by atoms with van der Waals surface area (Å²) >= 11 is 6.45. The van der Waals surface area contributed by atoms with Gasteiger partial charge in [-0.1, -0.05) is 36.4 Å². The second-order valence-electron chi connectivity index (χ2n) is 8.18. The van der Waals surface area contributed by atoms with E-state index < -0.39 is 11.1 Å². The van der Waals surface area contributed by atoms with E-state index >= 15 is 0 Å². The Labute approximate surface area is 195 Å². The number of nitro groups is 1. The van der Waals surface area contributed by atoms with Crippen molar-refractivity contribution in [3.8, 4) is 0 Å². The zero-order chi connectivity index (χ0) is 23.3. The number of likely N-dealkylation sites (N-methyl/N-ethyl adjacent to an activating group) is 1. The molecule has 0 aliphatic carbocycles. The lowest BCUT2D eigenvalue weighted by atomic mass is 9.99. The fourth-order valence-electron chi connectivity index (χ4n) is 4.32. The molecule has 1 atom stereocenters. The summed E-state index contributed by atoms with van der Waals surface area (Å²) in [6.45, 7) is 7.18. The van der Waals surface area contributed by atoms with Crippen molar-refractivity contribution in [1.29, 1.82) is 0 Å². The van der Waals surface area contributed by atoms with Crippen molar-refractivity contribution in [2.45, 2.75) is 6.17 Å². The SMILES string of the molecule is C=C1N=C(c2ccccc2Cl)c2cc([N+](=O)[O-])ccc2N2C(=O)C(N3CCN(C)CC3)N=C12. The van der Waals surface area contributed by atoms with E-state index in [1.165, 1.54) is 17.0 Å². The molecular weight excluding hydrogens is 444 g/mol. The zero-order valence-corrected chi connectivity index (χ0v) is 18.7. The number of anilines is 1. The van der Waals surface area contributed by atoms with Crippen molar-refractivity contribution in [3.05, 3.63) is 81.0 Å². The number of hydrogen-bond acceptors (Lipinski definition) is 7. The van der Waals surface area contributed by atoms with E-state index in [-0.39, 0.29) is 11.6 Å². The Bertz CT molecular complexity index is 1250. The van der Waals surface area contributed by atoms with E-state index in [0.29, 0.717) is 52.2 Å². The molecule has 10 heteroatoms. The minimum Gasteiger partial charge on any atom is -0.304 e. The lowest BCUT2D eigenvalue weighted by molar-refractivity contribution is -0.384. The molecule has 3 aliphatic rings. The molecule has 168 valence electrons. The van der Waals surface area contributed by atoms with Gasteiger partial charge in [-0.05, 0) is 19.2 Å². The van der Waals surface area contributed by atoms with Crippen molar-refractivity contribution in [1.82, 2.24) is 9.80 Å². The summed E-state index contributed by atoms with van der Waals surface area (Å²) in [6.07, 6.45) is -0.675. The first-order valence-corrected chi connectivity index (χ1v) is 10.9. The van der Waals surface area contributed by atoms with Gasteiger partial charge in [-0.25, -0.2) is 9.98 Å². The Morgan fingerprint density at radius 3 is 2.55 bits per heavy atom. The predicted octanol–water partition coefficient (Wildman–Crippen LogP) is 2.93. The van der Waals surface area contributed by atoms with Crippen LogP contribution in [0, 0.1) is 10.1 Å². The Morgan fingerprint density at radius 2 is 1.85 bits per heavy atom. The van der Waals surface area contributed by atoms with Crippen LogP contribution in [0.3, 0.4) is 0 Å². The molecule has 1 amide bonds. The van der Waals surface area contributed by atoms with Crippen molar-refractivity contribution in [2.75, 3.05) is 38.1 Å². The van der Waals surface area contributed by atoms with E-state index in [4.69, 9.17) is 16.6 Å². The van der Waals surface area contributed by atoms with Crippen molar-refractivity contribution in [2.24, 2.45) is 9.98 Å². The smallest absolute Gasteiger partial charge is 0.272 e. The second-order valence-corrected chi connectivity index (χ2v) is 8.59. The minimum absolute atomic E-state index is 0.109. The molecule has 0 saturated carbocycles. The molecule has 0 N–H and O–H groups in total. The van der Waals surface area contributed by atoms with Gasteiger partial charge in [-0.3, -0.25) is 24.7 Å². The lowest BCUT2D eigenvalue weighted by Gasteiger charge is -2.34. The van der Waals surface area contributed by atoms with Gasteiger partial charge in [0.15, 0.2) is 12.0 Å². The third-order valence-corrected chi connectivity index (χ3v) is 6.43. The zero-order valence-electron chi connectivity index (χ0n) is 17.9. The van der Waals surface area contributed by atoms with Gasteiger partial charge < -0.3 is 4.90 Å². The largest absolute Gasteiger partial charge is 0.304 e. The van der Waals surface area contributed by atoms with Gasteiger partial charge in [0.25, 0.3) is 11.6 Å². The number of piperazine rings is 1. The number of amides is 1. The average Bonchev–Trinajstić information content (AvgIpc) is 3.09. The summed E-state index contributed by atoms with van der Waals surface area (Å²) in [5, 5.41) is 12.0. The number of non-ortho nitro benzene ring substituents is 1. The Balaban J connectivity index is 1.67. The molecule has 0 radical (unpaired) electrons. The molecule has 1 saturated heterocycles. The third kappa shape index (κ3) is 3.64. The predicted molar refractivity (Wildman–Crippen MR) is 127 cm³/mol. The van der Waals surface area contributed by atoms with Crippen LogP contribution in [0.15, 0.2) is 64.7 Å². The maximum Gasteiger partial charge on any atom is 0.272 e. The van der Waals surface area contributed by atoms with Crippen LogP contribution in [0.2, 0.25) is 5.02 Å². The third-order valence-electron chi connectivity index (χ3n) is 6.10. The second kappa shape index (κ2) is 8.18. The van der Waals surface area contributed by atoms with E-state index in [1.54, 1.807) is 24.3 Å². The van der Waals surface area contributed by atoms with Crippen LogP contribution < -0.4 is 4.90 Å². The fourth-order valence-corrected chi connectivity index (χ4v) is 4.54. The highest BCUT2D eigenvalue weighted by Gasteiger charge is 2.43. The molecule has 1 unspecified atom stereocenters.